The maximum absolute atomic E-state index is 6.19. The monoisotopic (exact) mass is 346 g/mol. The van der Waals surface area contributed by atoms with Crippen LogP contribution in [0.2, 0.25) is 5.02 Å². The lowest BCUT2D eigenvalue weighted by atomic mass is 10.0. The summed E-state index contributed by atoms with van der Waals surface area (Å²) in [5, 5.41) is 3.88. The number of hydrogen-bond acceptors (Lipinski definition) is 5. The van der Waals surface area contributed by atoms with Crippen molar-refractivity contribution < 1.29 is 4.74 Å². The van der Waals surface area contributed by atoms with Crippen LogP contribution < -0.4 is 15.0 Å². The Bertz CT molecular complexity index is 722. The Hall–Kier alpha value is -2.01. The molecule has 1 atom stereocenters. The number of piperidine rings is 1. The highest BCUT2D eigenvalue weighted by atomic mass is 35.5. The number of aryl methyl sites for hydroxylation is 1. The Morgan fingerprint density at radius 1 is 1.29 bits per heavy atom. The highest BCUT2D eigenvalue weighted by molar-refractivity contribution is 6.32. The molecule has 6 heteroatoms. The first-order valence-corrected chi connectivity index (χ1v) is 8.64. The molecule has 3 rings (SSSR count). The zero-order valence-electron chi connectivity index (χ0n) is 14.3. The van der Waals surface area contributed by atoms with Crippen molar-refractivity contribution >= 4 is 29.1 Å². The second-order valence-corrected chi connectivity index (χ2v) is 6.77. The summed E-state index contributed by atoms with van der Waals surface area (Å²) in [6, 6.07) is 7.53. The first-order valence-electron chi connectivity index (χ1n) is 8.26. The summed E-state index contributed by atoms with van der Waals surface area (Å²) in [6.45, 7) is 6.30. The summed E-state index contributed by atoms with van der Waals surface area (Å²) in [7, 11) is 1.61. The highest BCUT2D eigenvalue weighted by Crippen LogP contribution is 2.29. The SMILES string of the molecule is COc1ccc(Nc2cc(C)nc(N3CCCC(C)C3)n2)cc1Cl. The summed E-state index contributed by atoms with van der Waals surface area (Å²) in [6.07, 6.45) is 2.47. The third-order valence-electron chi connectivity index (χ3n) is 4.21. The van der Waals surface area contributed by atoms with Gasteiger partial charge in [-0.25, -0.2) is 4.98 Å². The first-order chi connectivity index (χ1) is 11.5. The fourth-order valence-corrected chi connectivity index (χ4v) is 3.28. The Kier molecular flexibility index (Phi) is 5.09. The van der Waals surface area contributed by atoms with E-state index in [0.29, 0.717) is 16.7 Å². The third kappa shape index (κ3) is 3.90. The molecule has 1 unspecified atom stereocenters. The zero-order valence-corrected chi connectivity index (χ0v) is 15.1. The van der Waals surface area contributed by atoms with Gasteiger partial charge in [-0.05, 0) is 43.9 Å². The van der Waals surface area contributed by atoms with Crippen LogP contribution in [0.3, 0.4) is 0 Å². The molecule has 2 heterocycles. The largest absolute Gasteiger partial charge is 0.495 e. The molecule has 24 heavy (non-hydrogen) atoms. The molecule has 5 nitrogen and oxygen atoms in total. The van der Waals surface area contributed by atoms with Gasteiger partial charge in [0.25, 0.3) is 0 Å². The second-order valence-electron chi connectivity index (χ2n) is 6.36. The minimum absolute atomic E-state index is 0.568. The average Bonchev–Trinajstić information content (AvgIpc) is 2.54. The molecule has 0 radical (unpaired) electrons. The van der Waals surface area contributed by atoms with Crippen molar-refractivity contribution in [1.29, 1.82) is 0 Å². The first kappa shape index (κ1) is 16.8. The Labute approximate surface area is 148 Å². The number of aromatic nitrogens is 2. The smallest absolute Gasteiger partial charge is 0.227 e. The molecule has 0 saturated carbocycles. The number of ether oxygens (including phenoxy) is 1. The summed E-state index contributed by atoms with van der Waals surface area (Å²) < 4.78 is 5.19. The van der Waals surface area contributed by atoms with Crippen LogP contribution in [0, 0.1) is 12.8 Å². The minimum atomic E-state index is 0.568. The minimum Gasteiger partial charge on any atom is -0.495 e. The molecule has 2 aromatic rings. The maximum atomic E-state index is 6.19. The number of nitrogens with zero attached hydrogens (tertiary/aromatic N) is 3. The van der Waals surface area contributed by atoms with Crippen molar-refractivity contribution in [2.24, 2.45) is 5.92 Å². The van der Waals surface area contributed by atoms with Crippen LogP contribution in [-0.4, -0.2) is 30.2 Å². The molecule has 0 amide bonds. The molecule has 1 saturated heterocycles. The van der Waals surface area contributed by atoms with Gasteiger partial charge in [-0.1, -0.05) is 18.5 Å². The number of anilines is 3. The Morgan fingerprint density at radius 2 is 2.12 bits per heavy atom. The molecule has 1 aromatic heterocycles. The van der Waals surface area contributed by atoms with Gasteiger partial charge >= 0.3 is 0 Å². The summed E-state index contributed by atoms with van der Waals surface area (Å²) >= 11 is 6.19. The van der Waals surface area contributed by atoms with Crippen molar-refractivity contribution in [3.8, 4) is 5.75 Å². The van der Waals surface area contributed by atoms with Crippen LogP contribution in [0.5, 0.6) is 5.75 Å². The van der Waals surface area contributed by atoms with Crippen LogP contribution in [0.1, 0.15) is 25.5 Å². The lowest BCUT2D eigenvalue weighted by Crippen LogP contribution is -2.35. The van der Waals surface area contributed by atoms with Crippen molar-refractivity contribution in [3.05, 3.63) is 35.0 Å². The number of rotatable bonds is 4. The van der Waals surface area contributed by atoms with E-state index in [-0.39, 0.29) is 0 Å². The van der Waals surface area contributed by atoms with Crippen LogP contribution in [0.25, 0.3) is 0 Å². The lowest BCUT2D eigenvalue weighted by Gasteiger charge is -2.31. The molecule has 0 spiro atoms. The van der Waals surface area contributed by atoms with E-state index in [1.165, 1.54) is 12.8 Å². The van der Waals surface area contributed by atoms with Crippen molar-refractivity contribution in [3.63, 3.8) is 0 Å². The predicted molar refractivity (Wildman–Crippen MR) is 98.7 cm³/mol. The quantitative estimate of drug-likeness (QED) is 0.887. The van der Waals surface area contributed by atoms with Crippen LogP contribution in [0.15, 0.2) is 24.3 Å². The van der Waals surface area contributed by atoms with Crippen molar-refractivity contribution in [2.45, 2.75) is 26.7 Å². The Balaban J connectivity index is 1.82. The van der Waals surface area contributed by atoms with Crippen LogP contribution >= 0.6 is 11.6 Å². The van der Waals surface area contributed by atoms with Gasteiger partial charge in [-0.2, -0.15) is 4.98 Å². The molecular weight excluding hydrogens is 324 g/mol. The Morgan fingerprint density at radius 3 is 2.83 bits per heavy atom. The second kappa shape index (κ2) is 7.26. The molecule has 1 aliphatic rings. The van der Waals surface area contributed by atoms with E-state index in [2.05, 4.69) is 27.1 Å². The third-order valence-corrected chi connectivity index (χ3v) is 4.50. The lowest BCUT2D eigenvalue weighted by molar-refractivity contribution is 0.415. The predicted octanol–water partition coefficient (Wildman–Crippen LogP) is 4.43. The van der Waals surface area contributed by atoms with E-state index < -0.39 is 0 Å². The van der Waals surface area contributed by atoms with E-state index in [1.807, 2.05) is 31.2 Å². The van der Waals surface area contributed by atoms with Gasteiger partial charge in [0.1, 0.15) is 11.6 Å². The van der Waals surface area contributed by atoms with E-state index in [9.17, 15) is 0 Å². The van der Waals surface area contributed by atoms with E-state index in [0.717, 1.165) is 36.2 Å². The zero-order chi connectivity index (χ0) is 17.1. The molecule has 0 bridgehead atoms. The summed E-state index contributed by atoms with van der Waals surface area (Å²) in [4.78, 5) is 11.6. The summed E-state index contributed by atoms with van der Waals surface area (Å²) in [5.41, 5.74) is 1.82. The molecule has 0 aliphatic carbocycles. The van der Waals surface area contributed by atoms with Gasteiger partial charge in [-0.3, -0.25) is 0 Å². The number of halogens is 1. The molecule has 128 valence electrons. The average molecular weight is 347 g/mol. The van der Waals surface area contributed by atoms with Gasteiger partial charge < -0.3 is 15.0 Å². The number of nitrogens with one attached hydrogen (secondary N) is 1. The number of benzene rings is 1. The van der Waals surface area contributed by atoms with Gasteiger partial charge in [0.2, 0.25) is 5.95 Å². The normalized spacial score (nSPS) is 17.7. The number of hydrogen-bond donors (Lipinski definition) is 1. The van der Waals surface area contributed by atoms with E-state index in [4.69, 9.17) is 16.3 Å². The van der Waals surface area contributed by atoms with Crippen LogP contribution in [0.4, 0.5) is 17.5 Å². The fourth-order valence-electron chi connectivity index (χ4n) is 3.02. The van der Waals surface area contributed by atoms with Gasteiger partial charge in [0, 0.05) is 30.5 Å². The molecule has 1 aromatic carbocycles. The topological polar surface area (TPSA) is 50.3 Å². The van der Waals surface area contributed by atoms with Gasteiger partial charge in [0.15, 0.2) is 0 Å². The highest BCUT2D eigenvalue weighted by Gasteiger charge is 2.19. The van der Waals surface area contributed by atoms with E-state index >= 15 is 0 Å². The summed E-state index contributed by atoms with van der Waals surface area (Å²) in [5.74, 6) is 2.91. The molecule has 1 N–H and O–H groups in total. The van der Waals surface area contributed by atoms with Gasteiger partial charge in [-0.15, -0.1) is 0 Å². The molecular formula is C18H23ClN4O. The van der Waals surface area contributed by atoms with E-state index in [1.54, 1.807) is 7.11 Å². The van der Waals surface area contributed by atoms with Crippen molar-refractivity contribution in [1.82, 2.24) is 9.97 Å². The molecule has 1 fully saturated rings. The molecule has 1 aliphatic heterocycles. The van der Waals surface area contributed by atoms with Gasteiger partial charge in [0.05, 0.1) is 12.1 Å². The number of methoxy groups -OCH3 is 1. The van der Waals surface area contributed by atoms with Crippen molar-refractivity contribution in [2.75, 3.05) is 30.4 Å². The fraction of sp³-hybridized carbons (Fsp3) is 0.444. The standard InChI is InChI=1S/C18H23ClN4O/c1-12-5-4-8-23(11-12)18-20-13(2)9-17(22-18)21-14-6-7-16(24-3)15(19)10-14/h6-7,9-10,12H,4-5,8,11H2,1-3H3,(H,20,21,22). The van der Waals surface area contributed by atoms with Crippen LogP contribution in [-0.2, 0) is 0 Å². The maximum Gasteiger partial charge on any atom is 0.227 e.